The zero-order valence-electron chi connectivity index (χ0n) is 29.8. The average Bonchev–Trinajstić information content (AvgIpc) is 3.13. The van der Waals surface area contributed by atoms with Crippen molar-refractivity contribution in [1.82, 2.24) is 14.5 Å². The summed E-state index contributed by atoms with van der Waals surface area (Å²) in [6.07, 6.45) is 2.57. The lowest BCUT2D eigenvalue weighted by Gasteiger charge is -2.36. The number of benzene rings is 3. The molecule has 50 heavy (non-hydrogen) atoms. The van der Waals surface area contributed by atoms with Gasteiger partial charge in [0, 0.05) is 68.3 Å². The molecule has 9 heteroatoms. The molecule has 1 fully saturated rings. The van der Waals surface area contributed by atoms with Gasteiger partial charge in [-0.3, -0.25) is 14.3 Å². The van der Waals surface area contributed by atoms with Crippen molar-refractivity contribution in [3.05, 3.63) is 113 Å². The molecule has 2 aromatic heterocycles. The van der Waals surface area contributed by atoms with E-state index in [2.05, 4.69) is 83.4 Å². The first-order valence-electron chi connectivity index (χ1n) is 17.7. The third kappa shape index (κ3) is 7.68. The average molecular weight is 673 g/mol. The van der Waals surface area contributed by atoms with Crippen molar-refractivity contribution in [1.29, 1.82) is 0 Å². The molecule has 2 N–H and O–H groups in total. The lowest BCUT2D eigenvalue weighted by Crippen LogP contribution is -2.46. The number of amides is 2. The number of para-hydroxylation sites is 2. The number of piperazine rings is 1. The number of carbonyl (C=O) groups excluding carboxylic acids is 1. The second-order valence-corrected chi connectivity index (χ2v) is 13.6. The number of nitrogens with zero attached hydrogens (tertiary/aromatic N) is 4. The van der Waals surface area contributed by atoms with Crippen LogP contribution in [0.5, 0.6) is 5.75 Å². The van der Waals surface area contributed by atoms with Crippen molar-refractivity contribution in [2.45, 2.75) is 46.0 Å². The number of hydrogen-bond acceptors (Lipinski definition) is 6. The van der Waals surface area contributed by atoms with Crippen LogP contribution < -0.4 is 25.8 Å². The molecule has 2 amide bonds. The Bertz CT molecular complexity index is 1970. The van der Waals surface area contributed by atoms with Crippen LogP contribution in [0.2, 0.25) is 0 Å². The second-order valence-electron chi connectivity index (χ2n) is 13.6. The Kier molecular flexibility index (Phi) is 10.8. The van der Waals surface area contributed by atoms with Gasteiger partial charge < -0.3 is 20.3 Å². The standard InChI is InChI=1S/C41H48N6O3/c1-28(2)33-17-10-18-34(29(3)4)37(33)43-41(49)44-38-36(35-19-11-20-42-39(35)45(5)40(38)48)30-13-9-16-32(27-30)50-26-12-21-46-22-24-47(25-23-46)31-14-7-6-8-15-31/h6-11,13-20,27-29H,12,21-26H2,1-5H3,(H2,43,44,49). The zero-order chi connectivity index (χ0) is 35.2. The molecule has 0 bridgehead atoms. The third-order valence-electron chi connectivity index (χ3n) is 9.50. The van der Waals surface area contributed by atoms with Crippen molar-refractivity contribution in [3.8, 4) is 16.9 Å². The molecule has 0 radical (unpaired) electrons. The van der Waals surface area contributed by atoms with E-state index in [4.69, 9.17) is 4.74 Å². The number of carbonyl (C=O) groups is 1. The van der Waals surface area contributed by atoms with Gasteiger partial charge in [0.1, 0.15) is 17.1 Å². The molecule has 0 saturated carbocycles. The Morgan fingerprint density at radius 2 is 1.50 bits per heavy atom. The lowest BCUT2D eigenvalue weighted by molar-refractivity contribution is 0.225. The first-order valence-corrected chi connectivity index (χ1v) is 17.7. The molecule has 1 saturated heterocycles. The van der Waals surface area contributed by atoms with Gasteiger partial charge in [-0.1, -0.05) is 76.2 Å². The van der Waals surface area contributed by atoms with Crippen LogP contribution in [-0.4, -0.2) is 59.8 Å². The molecule has 1 aliphatic rings. The SMILES string of the molecule is CC(C)c1cccc(C(C)C)c1NC(=O)Nc1c(-c2cccc(OCCCN3CCN(c4ccccc4)CC3)c2)c2cccnc2n(C)c1=O. The Hall–Kier alpha value is -5.15. The summed E-state index contributed by atoms with van der Waals surface area (Å²) >= 11 is 0. The molecule has 0 unspecified atom stereocenters. The highest BCUT2D eigenvalue weighted by Gasteiger charge is 2.22. The maximum atomic E-state index is 13.9. The quantitative estimate of drug-likeness (QED) is 0.138. The molecule has 3 aromatic carbocycles. The summed E-state index contributed by atoms with van der Waals surface area (Å²) in [5.41, 5.74) is 5.89. The summed E-state index contributed by atoms with van der Waals surface area (Å²) < 4.78 is 7.73. The van der Waals surface area contributed by atoms with Crippen molar-refractivity contribution in [2.75, 3.05) is 54.9 Å². The van der Waals surface area contributed by atoms with Crippen molar-refractivity contribution in [2.24, 2.45) is 7.05 Å². The normalized spacial score (nSPS) is 13.6. The van der Waals surface area contributed by atoms with Crippen LogP contribution in [0, 0.1) is 0 Å². The molecule has 5 aromatic rings. The maximum absolute atomic E-state index is 13.9. The fraction of sp³-hybridized carbons (Fsp3) is 0.341. The van der Waals surface area contributed by atoms with E-state index in [1.165, 1.54) is 10.3 Å². The topological polar surface area (TPSA) is 91.7 Å². The van der Waals surface area contributed by atoms with Crippen molar-refractivity contribution < 1.29 is 9.53 Å². The molecule has 9 nitrogen and oxygen atoms in total. The molecule has 1 aliphatic heterocycles. The van der Waals surface area contributed by atoms with Crippen LogP contribution in [0.25, 0.3) is 22.2 Å². The van der Waals surface area contributed by atoms with Gasteiger partial charge in [-0.25, -0.2) is 9.78 Å². The third-order valence-corrected chi connectivity index (χ3v) is 9.50. The maximum Gasteiger partial charge on any atom is 0.323 e. The van der Waals surface area contributed by atoms with E-state index >= 15 is 0 Å². The van der Waals surface area contributed by atoms with Crippen LogP contribution >= 0.6 is 0 Å². The fourth-order valence-corrected chi connectivity index (χ4v) is 6.82. The van der Waals surface area contributed by atoms with Gasteiger partial charge in [-0.2, -0.15) is 0 Å². The van der Waals surface area contributed by atoms with E-state index in [9.17, 15) is 9.59 Å². The fourth-order valence-electron chi connectivity index (χ4n) is 6.82. The van der Waals surface area contributed by atoms with Gasteiger partial charge in [-0.05, 0) is 71.3 Å². The predicted octanol–water partition coefficient (Wildman–Crippen LogP) is 8.08. The highest BCUT2D eigenvalue weighted by molar-refractivity contribution is 6.07. The largest absolute Gasteiger partial charge is 0.494 e. The molecule has 6 rings (SSSR count). The summed E-state index contributed by atoms with van der Waals surface area (Å²) in [5.74, 6) is 1.11. The van der Waals surface area contributed by atoms with Gasteiger partial charge in [0.15, 0.2) is 0 Å². The molecule has 0 spiro atoms. The Morgan fingerprint density at radius 1 is 0.820 bits per heavy atom. The minimum absolute atomic E-state index is 0.186. The number of aryl methyl sites for hydroxylation is 1. The summed E-state index contributed by atoms with van der Waals surface area (Å²) in [4.78, 5) is 37.1. The molecule has 0 aliphatic carbocycles. The van der Waals surface area contributed by atoms with Crippen molar-refractivity contribution in [3.63, 3.8) is 0 Å². The number of hydrogen-bond donors (Lipinski definition) is 2. The monoisotopic (exact) mass is 672 g/mol. The Balaban J connectivity index is 1.20. The first kappa shape index (κ1) is 34.7. The smallest absolute Gasteiger partial charge is 0.323 e. The number of aromatic nitrogens is 2. The second kappa shape index (κ2) is 15.6. The van der Waals surface area contributed by atoms with E-state index in [0.717, 1.165) is 66.9 Å². The van der Waals surface area contributed by atoms with Gasteiger partial charge >= 0.3 is 6.03 Å². The highest BCUT2D eigenvalue weighted by atomic mass is 16.5. The van der Waals surface area contributed by atoms with Gasteiger partial charge in [-0.15, -0.1) is 0 Å². The van der Waals surface area contributed by atoms with E-state index in [1.54, 1.807) is 13.2 Å². The van der Waals surface area contributed by atoms with E-state index in [-0.39, 0.29) is 23.1 Å². The van der Waals surface area contributed by atoms with Gasteiger partial charge in [0.25, 0.3) is 5.56 Å². The molecule has 0 atom stereocenters. The number of nitrogens with one attached hydrogen (secondary N) is 2. The first-order chi connectivity index (χ1) is 24.2. The number of ether oxygens (including phenoxy) is 1. The molecule has 260 valence electrons. The predicted molar refractivity (Wildman–Crippen MR) is 205 cm³/mol. The Labute approximate surface area is 294 Å². The van der Waals surface area contributed by atoms with E-state index < -0.39 is 6.03 Å². The molecular weight excluding hydrogens is 624 g/mol. The zero-order valence-corrected chi connectivity index (χ0v) is 29.8. The number of urea groups is 1. The highest BCUT2D eigenvalue weighted by Crippen LogP contribution is 2.36. The summed E-state index contributed by atoms with van der Waals surface area (Å²) in [7, 11) is 1.68. The lowest BCUT2D eigenvalue weighted by atomic mass is 9.93. The van der Waals surface area contributed by atoms with Crippen LogP contribution in [-0.2, 0) is 7.05 Å². The van der Waals surface area contributed by atoms with Crippen LogP contribution in [0.15, 0.2) is 95.9 Å². The molecular formula is C41H48N6O3. The minimum Gasteiger partial charge on any atom is -0.494 e. The van der Waals surface area contributed by atoms with Crippen molar-refractivity contribution >= 4 is 34.1 Å². The van der Waals surface area contributed by atoms with E-state index in [0.29, 0.717) is 23.6 Å². The summed E-state index contributed by atoms with van der Waals surface area (Å²) in [6.45, 7) is 14.1. The summed E-state index contributed by atoms with van der Waals surface area (Å²) in [5, 5.41) is 6.81. The van der Waals surface area contributed by atoms with Gasteiger partial charge in [0.2, 0.25) is 0 Å². The number of rotatable bonds is 11. The van der Waals surface area contributed by atoms with Crippen LogP contribution in [0.3, 0.4) is 0 Å². The van der Waals surface area contributed by atoms with Gasteiger partial charge in [0.05, 0.1) is 6.61 Å². The van der Waals surface area contributed by atoms with Crippen LogP contribution in [0.4, 0.5) is 21.9 Å². The number of fused-ring (bicyclic) bond motifs is 1. The van der Waals surface area contributed by atoms with E-state index in [1.807, 2.05) is 54.6 Å². The number of anilines is 3. The molecule has 3 heterocycles. The Morgan fingerprint density at radius 3 is 2.20 bits per heavy atom. The number of pyridine rings is 2. The minimum atomic E-state index is -0.474. The van der Waals surface area contributed by atoms with Crippen LogP contribution in [0.1, 0.15) is 57.1 Å². The summed E-state index contributed by atoms with van der Waals surface area (Å²) in [6, 6.07) is 27.7.